The van der Waals surface area contributed by atoms with Gasteiger partial charge in [0, 0.05) is 12.0 Å². The van der Waals surface area contributed by atoms with E-state index >= 15 is 0 Å². The third-order valence-electron chi connectivity index (χ3n) is 4.63. The lowest BCUT2D eigenvalue weighted by molar-refractivity contribution is -0.123. The summed E-state index contributed by atoms with van der Waals surface area (Å²) in [6.07, 6.45) is 2.73. The summed E-state index contributed by atoms with van der Waals surface area (Å²) in [5.74, 6) is -0.0258. The predicted octanol–water partition coefficient (Wildman–Crippen LogP) is 2.87. The van der Waals surface area contributed by atoms with Crippen molar-refractivity contribution in [3.63, 3.8) is 0 Å². The molecular weight excluding hydrogens is 415 g/mol. The quantitative estimate of drug-likeness (QED) is 0.662. The van der Waals surface area contributed by atoms with Gasteiger partial charge in [-0.1, -0.05) is 30.3 Å². The van der Waals surface area contributed by atoms with Gasteiger partial charge in [0.15, 0.2) is 0 Å². The first-order chi connectivity index (χ1) is 13.9. The van der Waals surface area contributed by atoms with Gasteiger partial charge in [-0.05, 0) is 36.6 Å². The first-order valence-corrected chi connectivity index (χ1v) is 12.1. The summed E-state index contributed by atoms with van der Waals surface area (Å²) >= 11 is 1.50. The van der Waals surface area contributed by atoms with Crippen LogP contribution in [0.15, 0.2) is 53.4 Å². The summed E-state index contributed by atoms with van der Waals surface area (Å²) in [5, 5.41) is 2.92. The molecule has 29 heavy (non-hydrogen) atoms. The molecule has 0 bridgehead atoms. The van der Waals surface area contributed by atoms with Gasteiger partial charge in [0.25, 0.3) is 0 Å². The van der Waals surface area contributed by atoms with Gasteiger partial charge >= 0.3 is 0 Å². The first kappa shape index (κ1) is 21.6. The van der Waals surface area contributed by atoms with Crippen molar-refractivity contribution in [2.24, 2.45) is 0 Å². The fraction of sp³-hybridized carbons (Fsp3) is 0.350. The van der Waals surface area contributed by atoms with Crippen LogP contribution in [0.4, 0.5) is 4.39 Å². The molecule has 1 amide bonds. The Morgan fingerprint density at radius 1 is 1.24 bits per heavy atom. The molecule has 1 aliphatic rings. The number of hydrogen-bond donors (Lipinski definition) is 2. The number of nitrogens with one attached hydrogen (secondary N) is 2. The van der Waals surface area contributed by atoms with Crippen molar-refractivity contribution in [3.8, 4) is 5.75 Å². The Hall–Kier alpha value is -2.10. The van der Waals surface area contributed by atoms with Crippen molar-refractivity contribution in [3.05, 3.63) is 59.9 Å². The zero-order valence-corrected chi connectivity index (χ0v) is 17.6. The molecule has 156 valence electrons. The van der Waals surface area contributed by atoms with Gasteiger partial charge in [0.1, 0.15) is 22.5 Å². The van der Waals surface area contributed by atoms with Crippen LogP contribution in [0, 0.1) is 5.82 Å². The van der Waals surface area contributed by atoms with Gasteiger partial charge in [-0.2, -0.15) is 16.5 Å². The molecule has 0 saturated heterocycles. The number of ether oxygens (including phenoxy) is 1. The van der Waals surface area contributed by atoms with E-state index in [1.807, 2.05) is 30.5 Å². The normalized spacial score (nSPS) is 17.1. The van der Waals surface area contributed by atoms with Crippen molar-refractivity contribution in [1.82, 2.24) is 10.0 Å². The monoisotopic (exact) mass is 438 g/mol. The van der Waals surface area contributed by atoms with Crippen molar-refractivity contribution >= 4 is 27.7 Å². The standard InChI is InChI=1S/C20H23FN2O4S2/c1-28-13-11-17(23-29(25,26)19-9-5-3-7-15(19)21)20(24)22-16-10-12-27-18-8-4-2-6-14(16)18/h2-9,16-17,23H,10-13H2,1H3,(H,22,24). The van der Waals surface area contributed by atoms with Crippen LogP contribution >= 0.6 is 11.8 Å². The fourth-order valence-corrected chi connectivity index (χ4v) is 4.94. The number of sulfonamides is 1. The second-order valence-electron chi connectivity index (χ2n) is 6.62. The molecule has 2 N–H and O–H groups in total. The van der Waals surface area contributed by atoms with Crippen LogP contribution in [-0.4, -0.2) is 39.0 Å². The molecule has 0 aromatic heterocycles. The molecule has 3 rings (SSSR count). The van der Waals surface area contributed by atoms with Crippen LogP contribution < -0.4 is 14.8 Å². The molecule has 0 radical (unpaired) electrons. The largest absolute Gasteiger partial charge is 0.493 e. The summed E-state index contributed by atoms with van der Waals surface area (Å²) in [6, 6.07) is 11.2. The topological polar surface area (TPSA) is 84.5 Å². The highest BCUT2D eigenvalue weighted by atomic mass is 32.2. The Kier molecular flexibility index (Phi) is 7.15. The van der Waals surface area contributed by atoms with Gasteiger partial charge in [0.05, 0.1) is 12.6 Å². The number of fused-ring (bicyclic) bond motifs is 1. The number of carbonyl (C=O) groups is 1. The van der Waals surface area contributed by atoms with Crippen LogP contribution in [-0.2, 0) is 14.8 Å². The number of para-hydroxylation sites is 1. The molecule has 1 aliphatic heterocycles. The van der Waals surface area contributed by atoms with Crippen molar-refractivity contribution in [2.75, 3.05) is 18.6 Å². The predicted molar refractivity (Wildman–Crippen MR) is 111 cm³/mol. The number of amides is 1. The summed E-state index contributed by atoms with van der Waals surface area (Å²) in [7, 11) is -4.19. The summed E-state index contributed by atoms with van der Waals surface area (Å²) in [6.45, 7) is 0.457. The average Bonchev–Trinajstić information content (AvgIpc) is 2.71. The fourth-order valence-electron chi connectivity index (χ4n) is 3.16. The number of halogens is 1. The number of carbonyl (C=O) groups excluding carboxylic acids is 1. The van der Waals surface area contributed by atoms with Gasteiger partial charge in [-0.15, -0.1) is 0 Å². The molecule has 6 nitrogen and oxygen atoms in total. The minimum absolute atomic E-state index is 0.276. The number of rotatable bonds is 8. The smallest absolute Gasteiger partial charge is 0.244 e. The Labute approximate surface area is 174 Å². The molecule has 0 fully saturated rings. The van der Waals surface area contributed by atoms with Crippen molar-refractivity contribution in [1.29, 1.82) is 0 Å². The van der Waals surface area contributed by atoms with Gasteiger partial charge in [-0.25, -0.2) is 12.8 Å². The SMILES string of the molecule is CSCCC(NS(=O)(=O)c1ccccc1F)C(=O)NC1CCOc2ccccc21. The van der Waals surface area contributed by atoms with E-state index in [1.54, 1.807) is 0 Å². The van der Waals surface area contributed by atoms with E-state index in [-0.39, 0.29) is 12.5 Å². The van der Waals surface area contributed by atoms with E-state index in [2.05, 4.69) is 10.0 Å². The Morgan fingerprint density at radius 3 is 2.72 bits per heavy atom. The minimum atomic E-state index is -4.19. The summed E-state index contributed by atoms with van der Waals surface area (Å²) in [4.78, 5) is 12.5. The lowest BCUT2D eigenvalue weighted by Crippen LogP contribution is -2.48. The van der Waals surface area contributed by atoms with Crippen LogP contribution in [0.5, 0.6) is 5.75 Å². The molecule has 2 unspecified atom stereocenters. The molecule has 0 aliphatic carbocycles. The number of hydrogen-bond acceptors (Lipinski definition) is 5. The van der Waals surface area contributed by atoms with Crippen LogP contribution in [0.2, 0.25) is 0 Å². The zero-order valence-electron chi connectivity index (χ0n) is 15.9. The van der Waals surface area contributed by atoms with Crippen molar-refractivity contribution < 1.29 is 22.3 Å². The lowest BCUT2D eigenvalue weighted by atomic mass is 10.00. The van der Waals surface area contributed by atoms with E-state index in [0.717, 1.165) is 11.6 Å². The zero-order chi connectivity index (χ0) is 20.9. The molecule has 1 heterocycles. The molecule has 0 spiro atoms. The maximum Gasteiger partial charge on any atom is 0.244 e. The van der Waals surface area contributed by atoms with Crippen LogP contribution in [0.25, 0.3) is 0 Å². The maximum atomic E-state index is 14.0. The summed E-state index contributed by atoms with van der Waals surface area (Å²) < 4.78 is 47.3. The Morgan fingerprint density at radius 2 is 1.97 bits per heavy atom. The second-order valence-corrected chi connectivity index (χ2v) is 9.29. The van der Waals surface area contributed by atoms with Gasteiger partial charge < -0.3 is 10.1 Å². The highest BCUT2D eigenvalue weighted by Gasteiger charge is 2.30. The van der Waals surface area contributed by atoms with Crippen LogP contribution in [0.1, 0.15) is 24.4 Å². The average molecular weight is 439 g/mol. The molecule has 0 saturated carbocycles. The van der Waals surface area contributed by atoms with E-state index in [0.29, 0.717) is 24.5 Å². The molecule has 9 heteroatoms. The maximum absolute atomic E-state index is 14.0. The van der Waals surface area contributed by atoms with Crippen LogP contribution in [0.3, 0.4) is 0 Å². The Balaban J connectivity index is 1.78. The Bertz CT molecular complexity index is 968. The molecule has 2 atom stereocenters. The molecule has 2 aromatic carbocycles. The van der Waals surface area contributed by atoms with Crippen molar-refractivity contribution in [2.45, 2.75) is 29.8 Å². The van der Waals surface area contributed by atoms with E-state index in [1.165, 1.54) is 30.0 Å². The third kappa shape index (κ3) is 5.29. The highest BCUT2D eigenvalue weighted by Crippen LogP contribution is 2.31. The number of thioether (sulfide) groups is 1. The molecule has 2 aromatic rings. The van der Waals surface area contributed by atoms with Gasteiger partial charge in [0.2, 0.25) is 15.9 Å². The van der Waals surface area contributed by atoms with E-state index in [9.17, 15) is 17.6 Å². The highest BCUT2D eigenvalue weighted by molar-refractivity contribution is 7.98. The van der Waals surface area contributed by atoms with E-state index < -0.39 is 32.7 Å². The number of benzene rings is 2. The molecular formula is C20H23FN2O4S2. The van der Waals surface area contributed by atoms with Gasteiger partial charge in [-0.3, -0.25) is 4.79 Å². The second kappa shape index (κ2) is 9.60. The third-order valence-corrected chi connectivity index (χ3v) is 6.77. The summed E-state index contributed by atoms with van der Waals surface area (Å²) in [5.41, 5.74) is 0.854. The lowest BCUT2D eigenvalue weighted by Gasteiger charge is -2.28. The first-order valence-electron chi connectivity index (χ1n) is 9.20. The minimum Gasteiger partial charge on any atom is -0.493 e. The van der Waals surface area contributed by atoms with E-state index in [4.69, 9.17) is 4.74 Å².